The standard InChI is InChI=1S/C66H102N6O9/c1-4-7-10-13-16-19-22-25-28-31-34-37-40-43-55-52-58(46-49-61(55)70(73)74)79-64-67-65(80-59-47-50-62(71(75)76)56(53-59)44-41-38-35-32-29-26-23-20-17-14-11-8-5-2)69-66(68-64)81-60-48-51-63(72(77)78)57(54-60)45-42-39-36-33-30-27-24-21-18-15-12-9-6-3/h46-54H,4-45H2,1-3H3. The number of aromatic nitrogens is 3. The molecule has 0 amide bonds. The molecule has 0 aliphatic rings. The first-order valence-corrected chi connectivity index (χ1v) is 32.2. The Morgan fingerprint density at radius 2 is 0.481 bits per heavy atom. The van der Waals surface area contributed by atoms with Crippen molar-refractivity contribution in [3.05, 3.63) is 102 Å². The molecule has 0 spiro atoms. The molecular formula is C66H102N6O9. The van der Waals surface area contributed by atoms with Crippen LogP contribution in [0.5, 0.6) is 35.3 Å². The number of rotatable bonds is 51. The Labute approximate surface area is 486 Å². The van der Waals surface area contributed by atoms with Gasteiger partial charge in [0.05, 0.1) is 14.8 Å². The van der Waals surface area contributed by atoms with E-state index in [2.05, 4.69) is 35.7 Å². The van der Waals surface area contributed by atoms with Crippen molar-refractivity contribution in [1.82, 2.24) is 15.0 Å². The molecule has 0 bridgehead atoms. The highest BCUT2D eigenvalue weighted by molar-refractivity contribution is 5.48. The minimum absolute atomic E-state index is 0.00512. The molecule has 0 unspecified atom stereocenters. The molecule has 3 aromatic carbocycles. The monoisotopic (exact) mass is 1120 g/mol. The van der Waals surface area contributed by atoms with Gasteiger partial charge in [0.1, 0.15) is 17.2 Å². The molecule has 81 heavy (non-hydrogen) atoms. The number of ether oxygens (including phenoxy) is 3. The van der Waals surface area contributed by atoms with Gasteiger partial charge in [0.25, 0.3) is 17.1 Å². The summed E-state index contributed by atoms with van der Waals surface area (Å²) in [6.45, 7) is 6.73. The third-order valence-electron chi connectivity index (χ3n) is 15.6. The Hall–Kier alpha value is -5.73. The average Bonchev–Trinajstić information content (AvgIpc) is 3.58. The maximum Gasteiger partial charge on any atom is 0.331 e. The summed E-state index contributed by atoms with van der Waals surface area (Å²) in [5.74, 6) is 0.790. The number of nitro groups is 3. The molecule has 0 radical (unpaired) electrons. The van der Waals surface area contributed by atoms with E-state index in [1.54, 1.807) is 18.2 Å². The molecule has 1 aromatic heterocycles. The second kappa shape index (κ2) is 43.0. The zero-order chi connectivity index (χ0) is 58.0. The molecule has 0 saturated carbocycles. The molecule has 0 atom stereocenters. The van der Waals surface area contributed by atoms with Gasteiger partial charge in [-0.2, -0.15) is 0 Å². The van der Waals surface area contributed by atoms with Gasteiger partial charge in [0.2, 0.25) is 0 Å². The van der Waals surface area contributed by atoms with Gasteiger partial charge in [-0.15, -0.1) is 15.0 Å². The summed E-state index contributed by atoms with van der Waals surface area (Å²) in [4.78, 5) is 48.8. The number of aryl methyl sites for hydroxylation is 3. The van der Waals surface area contributed by atoms with Gasteiger partial charge >= 0.3 is 18.0 Å². The number of unbranched alkanes of at least 4 members (excludes halogenated alkanes) is 36. The Balaban J connectivity index is 1.46. The quantitative estimate of drug-likeness (QED) is 0.0231. The third-order valence-corrected chi connectivity index (χ3v) is 15.6. The molecule has 0 fully saturated rings. The van der Waals surface area contributed by atoms with Crippen LogP contribution in [0.4, 0.5) is 17.1 Å². The number of nitro benzene ring substituents is 3. The minimum Gasteiger partial charge on any atom is -0.424 e. The Bertz CT molecular complexity index is 2100. The Morgan fingerprint density at radius 1 is 0.296 bits per heavy atom. The smallest absolute Gasteiger partial charge is 0.331 e. The number of hydrogen-bond donors (Lipinski definition) is 0. The lowest BCUT2D eigenvalue weighted by atomic mass is 10.0. The topological polar surface area (TPSA) is 196 Å². The van der Waals surface area contributed by atoms with Gasteiger partial charge in [0, 0.05) is 34.9 Å². The van der Waals surface area contributed by atoms with Crippen LogP contribution in [0.2, 0.25) is 0 Å². The van der Waals surface area contributed by atoms with E-state index in [0.717, 1.165) is 77.0 Å². The largest absolute Gasteiger partial charge is 0.424 e. The SMILES string of the molecule is CCCCCCCCCCCCCCCc1cc(Oc2nc(Oc3ccc([N+](=O)[O-])c(CCCCCCCCCCCCCCC)c3)nc(Oc3ccc([N+](=O)[O-])c(CCCCCCCCCCCCCCC)c3)n2)ccc1[N+](=O)[O-]. The fourth-order valence-electron chi connectivity index (χ4n) is 10.8. The normalized spacial score (nSPS) is 11.3. The van der Waals surface area contributed by atoms with E-state index in [1.807, 2.05) is 0 Å². The van der Waals surface area contributed by atoms with Crippen LogP contribution in [0.15, 0.2) is 54.6 Å². The second-order valence-electron chi connectivity index (χ2n) is 22.6. The predicted molar refractivity (Wildman–Crippen MR) is 328 cm³/mol. The van der Waals surface area contributed by atoms with Crippen LogP contribution in [0.1, 0.15) is 288 Å². The number of benzene rings is 3. The van der Waals surface area contributed by atoms with Crippen molar-refractivity contribution < 1.29 is 29.0 Å². The summed E-state index contributed by atoms with van der Waals surface area (Å²) in [5, 5.41) is 36.6. The maximum atomic E-state index is 12.2. The van der Waals surface area contributed by atoms with Crippen LogP contribution >= 0.6 is 0 Å². The lowest BCUT2D eigenvalue weighted by molar-refractivity contribution is -0.385. The van der Waals surface area contributed by atoms with Gasteiger partial charge in [0.15, 0.2) is 0 Å². The van der Waals surface area contributed by atoms with Crippen LogP contribution in [-0.2, 0) is 19.3 Å². The number of nitrogens with zero attached hydrogens (tertiary/aromatic N) is 6. The minimum atomic E-state index is -0.378. The molecule has 4 aromatic rings. The highest BCUT2D eigenvalue weighted by Gasteiger charge is 2.21. The highest BCUT2D eigenvalue weighted by Crippen LogP contribution is 2.34. The Kier molecular flexibility index (Phi) is 36.0. The van der Waals surface area contributed by atoms with Crippen LogP contribution in [-0.4, -0.2) is 29.7 Å². The zero-order valence-electron chi connectivity index (χ0n) is 50.3. The second-order valence-corrected chi connectivity index (χ2v) is 22.6. The summed E-state index contributed by atoms with van der Waals surface area (Å²) in [6, 6.07) is 13.0. The molecule has 15 nitrogen and oxygen atoms in total. The van der Waals surface area contributed by atoms with Crippen LogP contribution in [0.3, 0.4) is 0 Å². The van der Waals surface area contributed by atoms with Crippen LogP contribution in [0, 0.1) is 30.3 Å². The Morgan fingerprint density at radius 3 is 0.667 bits per heavy atom. The first kappa shape index (κ1) is 67.8. The summed E-state index contributed by atoms with van der Waals surface area (Å²) in [5.41, 5.74) is 1.62. The first-order valence-electron chi connectivity index (χ1n) is 32.2. The van der Waals surface area contributed by atoms with E-state index in [-0.39, 0.29) is 67.1 Å². The molecule has 0 aliphatic carbocycles. The van der Waals surface area contributed by atoms with Gasteiger partial charge in [-0.25, -0.2) is 0 Å². The molecule has 0 saturated heterocycles. The fraction of sp³-hybridized carbons (Fsp3) is 0.682. The fourth-order valence-corrected chi connectivity index (χ4v) is 10.8. The molecule has 0 N–H and O–H groups in total. The van der Waals surface area contributed by atoms with Crippen molar-refractivity contribution in [2.45, 2.75) is 290 Å². The molecule has 450 valence electrons. The predicted octanol–water partition coefficient (Wildman–Crippen LogP) is 21.9. The molecule has 4 rings (SSSR count). The van der Waals surface area contributed by atoms with Crippen molar-refractivity contribution >= 4 is 17.1 Å². The first-order chi connectivity index (χ1) is 39.6. The summed E-state index contributed by atoms with van der Waals surface area (Å²) in [6.07, 6.45) is 48.3. The summed E-state index contributed by atoms with van der Waals surface area (Å²) >= 11 is 0. The highest BCUT2D eigenvalue weighted by atomic mass is 16.6. The third kappa shape index (κ3) is 29.7. The van der Waals surface area contributed by atoms with Gasteiger partial charge in [-0.05, 0) is 74.9 Å². The lowest BCUT2D eigenvalue weighted by Crippen LogP contribution is -2.03. The van der Waals surface area contributed by atoms with Crippen LogP contribution in [0.25, 0.3) is 0 Å². The van der Waals surface area contributed by atoms with Gasteiger partial charge in [-0.3, -0.25) is 30.3 Å². The van der Waals surface area contributed by atoms with Crippen molar-refractivity contribution in [2.75, 3.05) is 0 Å². The van der Waals surface area contributed by atoms with E-state index in [1.165, 1.54) is 210 Å². The maximum absolute atomic E-state index is 12.2. The summed E-state index contributed by atoms with van der Waals surface area (Å²) in [7, 11) is 0. The van der Waals surface area contributed by atoms with Crippen LogP contribution < -0.4 is 14.2 Å². The van der Waals surface area contributed by atoms with Crippen molar-refractivity contribution in [2.24, 2.45) is 0 Å². The van der Waals surface area contributed by atoms with Crippen molar-refractivity contribution in [3.8, 4) is 35.3 Å². The zero-order valence-corrected chi connectivity index (χ0v) is 50.3. The van der Waals surface area contributed by atoms with Crippen molar-refractivity contribution in [1.29, 1.82) is 0 Å². The van der Waals surface area contributed by atoms with Gasteiger partial charge < -0.3 is 14.2 Å². The van der Waals surface area contributed by atoms with E-state index < -0.39 is 0 Å². The average molecular weight is 1120 g/mol. The van der Waals surface area contributed by atoms with E-state index in [4.69, 9.17) is 14.2 Å². The van der Waals surface area contributed by atoms with Crippen molar-refractivity contribution in [3.63, 3.8) is 0 Å². The molecule has 15 heteroatoms. The number of hydrogen-bond acceptors (Lipinski definition) is 12. The molecule has 1 heterocycles. The summed E-state index contributed by atoms with van der Waals surface area (Å²) < 4.78 is 18.6. The van der Waals surface area contributed by atoms with E-state index >= 15 is 0 Å². The molecular weight excluding hydrogens is 1020 g/mol. The molecule has 0 aliphatic heterocycles. The lowest BCUT2D eigenvalue weighted by Gasteiger charge is -2.12. The van der Waals surface area contributed by atoms with Gasteiger partial charge in [-0.1, -0.05) is 252 Å². The van der Waals surface area contributed by atoms with E-state index in [0.29, 0.717) is 36.0 Å². The van der Waals surface area contributed by atoms with E-state index in [9.17, 15) is 30.3 Å².